The molecule has 102 valence electrons. The van der Waals surface area contributed by atoms with Gasteiger partial charge in [0.2, 0.25) is 0 Å². The molecule has 1 unspecified atom stereocenters. The van der Waals surface area contributed by atoms with Crippen LogP contribution in [0.25, 0.3) is 0 Å². The van der Waals surface area contributed by atoms with E-state index in [1.165, 1.54) is 44.1 Å². The molecule has 0 heterocycles. The van der Waals surface area contributed by atoms with Gasteiger partial charge in [0.25, 0.3) is 0 Å². The molecule has 0 aliphatic rings. The van der Waals surface area contributed by atoms with Crippen molar-refractivity contribution in [2.24, 2.45) is 5.92 Å². The van der Waals surface area contributed by atoms with Crippen LogP contribution in [0.4, 0.5) is 0 Å². The van der Waals surface area contributed by atoms with Crippen molar-refractivity contribution in [1.82, 2.24) is 0 Å². The average Bonchev–Trinajstić information content (AvgIpc) is 2.39. The molecule has 0 bridgehead atoms. The molecule has 0 radical (unpaired) electrons. The number of benzene rings is 1. The number of halogens is 2. The largest absolute Gasteiger partial charge is 0.126 e. The lowest BCUT2D eigenvalue weighted by molar-refractivity contribution is 0.488. The predicted octanol–water partition coefficient (Wildman–Crippen LogP) is 6.10. The van der Waals surface area contributed by atoms with Gasteiger partial charge in [-0.25, -0.2) is 0 Å². The second kappa shape index (κ2) is 9.69. The molecule has 1 aromatic rings. The van der Waals surface area contributed by atoms with Gasteiger partial charge < -0.3 is 0 Å². The molecule has 0 saturated heterocycles. The first-order valence-corrected chi connectivity index (χ1v) is 7.98. The van der Waals surface area contributed by atoms with E-state index in [0.717, 1.165) is 17.3 Å². The topological polar surface area (TPSA) is 0 Å². The third kappa shape index (κ3) is 6.11. The van der Waals surface area contributed by atoms with E-state index in [0.29, 0.717) is 5.92 Å². The zero-order valence-corrected chi connectivity index (χ0v) is 12.8. The summed E-state index contributed by atoms with van der Waals surface area (Å²) < 4.78 is 0. The number of hydrogen-bond donors (Lipinski definition) is 0. The second-order valence-electron chi connectivity index (χ2n) is 5.02. The van der Waals surface area contributed by atoms with Gasteiger partial charge in [-0.05, 0) is 30.4 Å². The third-order valence-electron chi connectivity index (χ3n) is 3.40. The van der Waals surface area contributed by atoms with E-state index in [1.807, 2.05) is 18.2 Å². The van der Waals surface area contributed by atoms with Crippen molar-refractivity contribution in [1.29, 1.82) is 0 Å². The fourth-order valence-corrected chi connectivity index (χ4v) is 2.72. The smallest absolute Gasteiger partial charge is 0.0438 e. The summed E-state index contributed by atoms with van der Waals surface area (Å²) in [6, 6.07) is 8.10. The first kappa shape index (κ1) is 15.9. The van der Waals surface area contributed by atoms with Crippen LogP contribution in [0.15, 0.2) is 24.3 Å². The van der Waals surface area contributed by atoms with E-state index in [2.05, 4.69) is 13.0 Å². The highest BCUT2D eigenvalue weighted by Crippen LogP contribution is 2.23. The maximum Gasteiger partial charge on any atom is 0.0438 e. The van der Waals surface area contributed by atoms with Crippen molar-refractivity contribution < 1.29 is 0 Å². The molecule has 0 fully saturated rings. The fraction of sp³-hybridized carbons (Fsp3) is 0.625. The Hall–Kier alpha value is -0.200. The van der Waals surface area contributed by atoms with Crippen molar-refractivity contribution in [2.75, 3.05) is 5.88 Å². The molecule has 0 spiro atoms. The molecule has 1 aromatic carbocycles. The summed E-state index contributed by atoms with van der Waals surface area (Å²) in [5, 5.41) is 0.874. The molecule has 0 aromatic heterocycles. The van der Waals surface area contributed by atoms with Gasteiger partial charge in [-0.2, -0.15) is 0 Å². The van der Waals surface area contributed by atoms with Crippen LogP contribution in [0.3, 0.4) is 0 Å². The van der Waals surface area contributed by atoms with Gasteiger partial charge in [-0.1, -0.05) is 68.8 Å². The van der Waals surface area contributed by atoms with Gasteiger partial charge in [0.15, 0.2) is 0 Å². The Bertz CT molecular complexity index is 323. The summed E-state index contributed by atoms with van der Waals surface area (Å²) in [6.45, 7) is 2.25. The molecule has 18 heavy (non-hydrogen) atoms. The molecule has 0 N–H and O–H groups in total. The highest BCUT2D eigenvalue weighted by Gasteiger charge is 2.10. The molecule has 0 nitrogen and oxygen atoms in total. The summed E-state index contributed by atoms with van der Waals surface area (Å²) in [5.74, 6) is 1.30. The lowest BCUT2D eigenvalue weighted by Crippen LogP contribution is -2.07. The maximum absolute atomic E-state index is 6.18. The van der Waals surface area contributed by atoms with Crippen molar-refractivity contribution in [2.45, 2.75) is 51.9 Å². The van der Waals surface area contributed by atoms with E-state index < -0.39 is 0 Å². The Balaban J connectivity index is 2.31. The molecule has 1 atom stereocenters. The normalized spacial score (nSPS) is 12.6. The number of hydrogen-bond acceptors (Lipinski definition) is 0. The number of alkyl halides is 1. The minimum atomic E-state index is 0.563. The molecule has 2 heteroatoms. The van der Waals surface area contributed by atoms with Gasteiger partial charge in [-0.15, -0.1) is 11.6 Å². The Morgan fingerprint density at radius 2 is 1.78 bits per heavy atom. The summed E-state index contributed by atoms with van der Waals surface area (Å²) >= 11 is 12.3. The first-order chi connectivity index (χ1) is 8.77. The molecular weight excluding hydrogens is 263 g/mol. The molecule has 0 aliphatic heterocycles. The van der Waals surface area contributed by atoms with E-state index in [4.69, 9.17) is 23.2 Å². The zero-order chi connectivity index (χ0) is 13.2. The van der Waals surface area contributed by atoms with Crippen LogP contribution < -0.4 is 0 Å². The lowest BCUT2D eigenvalue weighted by atomic mass is 9.95. The van der Waals surface area contributed by atoms with Gasteiger partial charge in [0.1, 0.15) is 0 Å². The first-order valence-electron chi connectivity index (χ1n) is 7.07. The molecule has 0 aliphatic carbocycles. The summed E-state index contributed by atoms with van der Waals surface area (Å²) in [4.78, 5) is 0. The molecule has 0 saturated carbocycles. The van der Waals surface area contributed by atoms with Gasteiger partial charge >= 0.3 is 0 Å². The van der Waals surface area contributed by atoms with Crippen LogP contribution in [-0.2, 0) is 6.42 Å². The Labute approximate surface area is 122 Å². The highest BCUT2D eigenvalue weighted by molar-refractivity contribution is 6.31. The van der Waals surface area contributed by atoms with Crippen molar-refractivity contribution in [3.05, 3.63) is 34.9 Å². The summed E-state index contributed by atoms with van der Waals surface area (Å²) in [7, 11) is 0. The van der Waals surface area contributed by atoms with Gasteiger partial charge in [-0.3, -0.25) is 0 Å². The molecular formula is C16H24Cl2. The Kier molecular flexibility index (Phi) is 8.54. The predicted molar refractivity (Wildman–Crippen MR) is 82.7 cm³/mol. The fourth-order valence-electron chi connectivity index (χ4n) is 2.25. The maximum atomic E-state index is 6.18. The number of rotatable bonds is 9. The summed E-state index contributed by atoms with van der Waals surface area (Å²) in [6.07, 6.45) is 8.88. The lowest BCUT2D eigenvalue weighted by Gasteiger charge is -2.14. The second-order valence-corrected chi connectivity index (χ2v) is 5.73. The SMILES string of the molecule is CCCCCCCC(CCl)Cc1ccccc1Cl. The van der Waals surface area contributed by atoms with E-state index in [9.17, 15) is 0 Å². The van der Waals surface area contributed by atoms with E-state index in [-0.39, 0.29) is 0 Å². The van der Waals surface area contributed by atoms with Crippen LogP contribution in [0.5, 0.6) is 0 Å². The van der Waals surface area contributed by atoms with Crippen LogP contribution in [0.1, 0.15) is 51.0 Å². The zero-order valence-electron chi connectivity index (χ0n) is 11.3. The third-order valence-corrected chi connectivity index (χ3v) is 4.21. The van der Waals surface area contributed by atoms with Crippen molar-refractivity contribution in [3.63, 3.8) is 0 Å². The molecule has 0 amide bonds. The van der Waals surface area contributed by atoms with Crippen LogP contribution in [0, 0.1) is 5.92 Å². The Morgan fingerprint density at radius 3 is 2.44 bits per heavy atom. The Morgan fingerprint density at radius 1 is 1.06 bits per heavy atom. The van der Waals surface area contributed by atoms with E-state index >= 15 is 0 Å². The average molecular weight is 287 g/mol. The van der Waals surface area contributed by atoms with Gasteiger partial charge in [0.05, 0.1) is 0 Å². The van der Waals surface area contributed by atoms with Crippen molar-refractivity contribution in [3.8, 4) is 0 Å². The van der Waals surface area contributed by atoms with Crippen molar-refractivity contribution >= 4 is 23.2 Å². The minimum Gasteiger partial charge on any atom is -0.126 e. The number of unbranched alkanes of at least 4 members (excludes halogenated alkanes) is 4. The van der Waals surface area contributed by atoms with Crippen LogP contribution in [-0.4, -0.2) is 5.88 Å². The molecule has 1 rings (SSSR count). The monoisotopic (exact) mass is 286 g/mol. The van der Waals surface area contributed by atoms with Crippen LogP contribution >= 0.6 is 23.2 Å². The quantitative estimate of drug-likeness (QED) is 0.380. The standard InChI is InChI=1S/C16H24Cl2/c1-2-3-4-5-6-9-14(13-17)12-15-10-7-8-11-16(15)18/h7-8,10-11,14H,2-6,9,12-13H2,1H3. The highest BCUT2D eigenvalue weighted by atomic mass is 35.5. The van der Waals surface area contributed by atoms with E-state index in [1.54, 1.807) is 0 Å². The van der Waals surface area contributed by atoms with Crippen LogP contribution in [0.2, 0.25) is 5.02 Å². The van der Waals surface area contributed by atoms with Gasteiger partial charge in [0, 0.05) is 10.9 Å². The minimum absolute atomic E-state index is 0.563. The summed E-state index contributed by atoms with van der Waals surface area (Å²) in [5.41, 5.74) is 1.23.